The van der Waals surface area contributed by atoms with E-state index in [1.165, 1.54) is 17.0 Å². The molecule has 0 fully saturated rings. The Morgan fingerprint density at radius 3 is 2.62 bits per heavy atom. The molecule has 2 N–H and O–H groups in total. The summed E-state index contributed by atoms with van der Waals surface area (Å²) in [5.41, 5.74) is 0.0467. The molecule has 0 radical (unpaired) electrons. The van der Waals surface area contributed by atoms with Crippen LogP contribution in [0.3, 0.4) is 0 Å². The average molecular weight is 399 g/mol. The van der Waals surface area contributed by atoms with Crippen LogP contribution in [0.2, 0.25) is 0 Å². The zero-order valence-electron chi connectivity index (χ0n) is 14.6. The van der Waals surface area contributed by atoms with Gasteiger partial charge in [-0.15, -0.1) is 11.3 Å². The molecule has 0 unspecified atom stereocenters. The number of nitrogens with one attached hydrogen (secondary N) is 2. The quantitative estimate of drug-likeness (QED) is 0.469. The molecule has 0 saturated heterocycles. The maximum absolute atomic E-state index is 12.3. The highest BCUT2D eigenvalue weighted by Crippen LogP contribution is 2.27. The minimum Gasteiger partial charge on any atom is -0.379 e. The van der Waals surface area contributed by atoms with E-state index >= 15 is 0 Å². The first-order chi connectivity index (χ1) is 12.3. The van der Waals surface area contributed by atoms with Gasteiger partial charge in [-0.2, -0.15) is 0 Å². The normalized spacial score (nSPS) is 11.7. The lowest BCUT2D eigenvalue weighted by Gasteiger charge is -2.12. The second kappa shape index (κ2) is 9.08. The highest BCUT2D eigenvalue weighted by Gasteiger charge is 2.21. The fourth-order valence-electron chi connectivity index (χ4n) is 2.24. The van der Waals surface area contributed by atoms with Gasteiger partial charge in [0, 0.05) is 30.6 Å². The molecular weight excluding hydrogens is 376 g/mol. The average Bonchev–Trinajstić information content (AvgIpc) is 3.07. The van der Waals surface area contributed by atoms with Gasteiger partial charge in [0.15, 0.2) is 0 Å². The Bertz CT molecular complexity index is 836. The van der Waals surface area contributed by atoms with Gasteiger partial charge >= 0.3 is 0 Å². The van der Waals surface area contributed by atoms with E-state index < -0.39 is 14.9 Å². The van der Waals surface area contributed by atoms with E-state index in [1.807, 2.05) is 36.5 Å². The van der Waals surface area contributed by atoms with Crippen LogP contribution in [-0.2, 0) is 16.4 Å². The Morgan fingerprint density at radius 1 is 1.23 bits per heavy atom. The van der Waals surface area contributed by atoms with Crippen LogP contribution in [0.1, 0.15) is 4.88 Å². The van der Waals surface area contributed by atoms with Crippen LogP contribution in [0.5, 0.6) is 0 Å². The minimum atomic E-state index is -3.79. The molecule has 1 aromatic heterocycles. The van der Waals surface area contributed by atoms with Crippen LogP contribution in [-0.4, -0.2) is 52.0 Å². The third-order valence-electron chi connectivity index (χ3n) is 3.59. The summed E-state index contributed by atoms with van der Waals surface area (Å²) in [4.78, 5) is 13.7. The van der Waals surface area contributed by atoms with Gasteiger partial charge < -0.3 is 10.2 Å². The van der Waals surface area contributed by atoms with Gasteiger partial charge in [-0.05, 0) is 44.1 Å². The molecular formula is C16H22N4O4S2. The molecule has 0 bridgehead atoms. The maximum Gasteiger partial charge on any atom is 0.293 e. The summed E-state index contributed by atoms with van der Waals surface area (Å²) in [5.74, 6) is 0. The lowest BCUT2D eigenvalue weighted by molar-refractivity contribution is -0.384. The van der Waals surface area contributed by atoms with Gasteiger partial charge in [-0.1, -0.05) is 6.07 Å². The molecule has 0 atom stereocenters. The number of hydrogen-bond acceptors (Lipinski definition) is 7. The number of likely N-dealkylation sites (N-methyl/N-ethyl adjacent to an activating group) is 1. The highest BCUT2D eigenvalue weighted by atomic mass is 32.2. The van der Waals surface area contributed by atoms with E-state index in [4.69, 9.17) is 0 Å². The van der Waals surface area contributed by atoms with Crippen molar-refractivity contribution in [2.75, 3.05) is 39.0 Å². The number of benzene rings is 1. The number of anilines is 1. The molecule has 0 amide bonds. The molecule has 0 aliphatic rings. The van der Waals surface area contributed by atoms with Crippen LogP contribution in [0.15, 0.2) is 40.6 Å². The molecule has 0 aliphatic heterocycles. The monoisotopic (exact) mass is 398 g/mol. The Hall–Kier alpha value is -2.01. The summed E-state index contributed by atoms with van der Waals surface area (Å²) in [6.07, 6.45) is 0.737. The molecule has 142 valence electrons. The summed E-state index contributed by atoms with van der Waals surface area (Å²) in [5, 5.41) is 16.3. The molecule has 2 rings (SSSR count). The van der Waals surface area contributed by atoms with Crippen molar-refractivity contribution in [1.82, 2.24) is 9.62 Å². The zero-order valence-corrected chi connectivity index (χ0v) is 16.3. The number of sulfonamides is 1. The predicted molar refractivity (Wildman–Crippen MR) is 103 cm³/mol. The lowest BCUT2D eigenvalue weighted by atomic mass is 10.2. The molecule has 26 heavy (non-hydrogen) atoms. The first-order valence-corrected chi connectivity index (χ1v) is 10.3. The van der Waals surface area contributed by atoms with Gasteiger partial charge in [-0.25, -0.2) is 13.1 Å². The van der Waals surface area contributed by atoms with Crippen molar-refractivity contribution in [3.05, 3.63) is 50.7 Å². The van der Waals surface area contributed by atoms with Crippen LogP contribution in [0.25, 0.3) is 0 Å². The molecule has 10 heteroatoms. The predicted octanol–water partition coefficient (Wildman–Crippen LogP) is 2.15. The third-order valence-corrected chi connectivity index (χ3v) is 5.99. The first-order valence-electron chi connectivity index (χ1n) is 7.98. The number of rotatable bonds is 10. The smallest absolute Gasteiger partial charge is 0.293 e. The fourth-order valence-corrected chi connectivity index (χ4v) is 3.99. The standard InChI is InChI=1S/C16H22N4O4S2/c1-19(2)10-9-18-26(23,24)14-5-6-15(16(12-14)20(21)22)17-8-7-13-4-3-11-25-13/h3-6,11-12,17-18H,7-10H2,1-2H3. The van der Waals surface area contributed by atoms with Crippen molar-refractivity contribution < 1.29 is 13.3 Å². The van der Waals surface area contributed by atoms with E-state index in [9.17, 15) is 18.5 Å². The van der Waals surface area contributed by atoms with Crippen LogP contribution >= 0.6 is 11.3 Å². The Kier molecular flexibility index (Phi) is 7.09. The Labute approximate surface area is 157 Å². The maximum atomic E-state index is 12.3. The van der Waals surface area contributed by atoms with Gasteiger partial charge in [0.1, 0.15) is 5.69 Å². The zero-order chi connectivity index (χ0) is 19.2. The second-order valence-corrected chi connectivity index (χ2v) is 8.69. The van der Waals surface area contributed by atoms with Crippen molar-refractivity contribution in [2.45, 2.75) is 11.3 Å². The van der Waals surface area contributed by atoms with Crippen molar-refractivity contribution in [3.8, 4) is 0 Å². The van der Waals surface area contributed by atoms with Crippen molar-refractivity contribution >= 4 is 32.7 Å². The summed E-state index contributed by atoms with van der Waals surface area (Å²) >= 11 is 1.62. The van der Waals surface area contributed by atoms with Crippen molar-refractivity contribution in [1.29, 1.82) is 0 Å². The van der Waals surface area contributed by atoms with E-state index in [2.05, 4.69) is 10.0 Å². The van der Waals surface area contributed by atoms with E-state index in [-0.39, 0.29) is 17.1 Å². The fraction of sp³-hybridized carbons (Fsp3) is 0.375. The topological polar surface area (TPSA) is 105 Å². The van der Waals surface area contributed by atoms with Crippen LogP contribution in [0, 0.1) is 10.1 Å². The molecule has 0 spiro atoms. The molecule has 1 aromatic carbocycles. The molecule has 0 saturated carbocycles. The lowest BCUT2D eigenvalue weighted by Crippen LogP contribution is -2.31. The minimum absolute atomic E-state index is 0.119. The largest absolute Gasteiger partial charge is 0.379 e. The van der Waals surface area contributed by atoms with Crippen molar-refractivity contribution in [3.63, 3.8) is 0 Å². The Morgan fingerprint density at radius 2 is 2.00 bits per heavy atom. The number of hydrogen-bond donors (Lipinski definition) is 2. The number of nitro benzene ring substituents is 1. The number of thiophene rings is 1. The Balaban J connectivity index is 2.10. The summed E-state index contributed by atoms with van der Waals surface area (Å²) in [7, 11) is -0.134. The second-order valence-electron chi connectivity index (χ2n) is 5.89. The summed E-state index contributed by atoms with van der Waals surface area (Å²) < 4.78 is 27.0. The number of nitro groups is 1. The third kappa shape index (κ3) is 5.77. The molecule has 2 aromatic rings. The molecule has 0 aliphatic carbocycles. The van der Waals surface area contributed by atoms with Gasteiger partial charge in [0.25, 0.3) is 5.69 Å². The van der Waals surface area contributed by atoms with E-state index in [0.717, 1.165) is 12.5 Å². The van der Waals surface area contributed by atoms with E-state index in [1.54, 1.807) is 11.3 Å². The highest BCUT2D eigenvalue weighted by molar-refractivity contribution is 7.89. The van der Waals surface area contributed by atoms with E-state index in [0.29, 0.717) is 18.8 Å². The first kappa shape index (κ1) is 20.3. The van der Waals surface area contributed by atoms with Gasteiger partial charge in [0.2, 0.25) is 10.0 Å². The van der Waals surface area contributed by atoms with Gasteiger partial charge in [-0.3, -0.25) is 10.1 Å². The summed E-state index contributed by atoms with van der Waals surface area (Å²) in [6, 6.07) is 7.85. The van der Waals surface area contributed by atoms with Crippen molar-refractivity contribution in [2.24, 2.45) is 0 Å². The van der Waals surface area contributed by atoms with Gasteiger partial charge in [0.05, 0.1) is 9.82 Å². The van der Waals surface area contributed by atoms with Crippen LogP contribution < -0.4 is 10.0 Å². The molecule has 8 nitrogen and oxygen atoms in total. The molecule has 1 heterocycles. The number of nitrogens with zero attached hydrogens (tertiary/aromatic N) is 2. The summed E-state index contributed by atoms with van der Waals surface area (Å²) in [6.45, 7) is 1.28. The van der Waals surface area contributed by atoms with Crippen LogP contribution in [0.4, 0.5) is 11.4 Å². The SMILES string of the molecule is CN(C)CCNS(=O)(=O)c1ccc(NCCc2cccs2)c([N+](=O)[O-])c1.